The molecule has 2 aromatic rings. The molecule has 0 unspecified atom stereocenters. The number of rotatable bonds is 6. The van der Waals surface area contributed by atoms with Crippen molar-refractivity contribution in [2.75, 3.05) is 0 Å². The molecule has 4 nitrogen and oxygen atoms in total. The largest absolute Gasteiger partial charge is 0.489 e. The van der Waals surface area contributed by atoms with Gasteiger partial charge < -0.3 is 14.6 Å². The second-order valence-corrected chi connectivity index (χ2v) is 4.34. The summed E-state index contributed by atoms with van der Waals surface area (Å²) in [6, 6.07) is 16.8. The van der Waals surface area contributed by atoms with Gasteiger partial charge in [0.2, 0.25) is 0 Å². The molecule has 2 aromatic carbocycles. The lowest BCUT2D eigenvalue weighted by Gasteiger charge is -2.11. The Morgan fingerprint density at radius 1 is 1.05 bits per heavy atom. The Morgan fingerprint density at radius 2 is 1.65 bits per heavy atom. The Hall–Kier alpha value is -2.49. The summed E-state index contributed by atoms with van der Waals surface area (Å²) < 4.78 is 10.9. The van der Waals surface area contributed by atoms with Crippen LogP contribution >= 0.6 is 0 Å². The molecule has 104 valence electrons. The summed E-state index contributed by atoms with van der Waals surface area (Å²) in [5.41, 5.74) is 1.09. The van der Waals surface area contributed by atoms with Crippen LogP contribution in [-0.4, -0.2) is 17.2 Å². The average Bonchev–Trinajstić information content (AvgIpc) is 2.47. The number of ether oxygens (including phenoxy) is 2. The van der Waals surface area contributed by atoms with E-state index in [0.29, 0.717) is 18.1 Å². The van der Waals surface area contributed by atoms with E-state index in [1.807, 2.05) is 30.3 Å². The minimum atomic E-state index is -0.991. The lowest BCUT2D eigenvalue weighted by Crippen LogP contribution is -2.22. The van der Waals surface area contributed by atoms with Gasteiger partial charge in [0.1, 0.15) is 18.1 Å². The maximum Gasteiger partial charge on any atom is 0.344 e. The molecule has 4 heteroatoms. The van der Waals surface area contributed by atoms with Gasteiger partial charge in [0.15, 0.2) is 6.10 Å². The third-order valence-electron chi connectivity index (χ3n) is 2.73. The van der Waals surface area contributed by atoms with Crippen molar-refractivity contribution >= 4 is 5.97 Å². The standard InChI is InChI=1S/C16H16O4/c1-12(16(17)18)20-15-9-7-14(8-10-15)19-11-13-5-3-2-4-6-13/h2-10,12H,11H2,1H3,(H,17,18)/t12-/m1/s1. The van der Waals surface area contributed by atoms with Crippen molar-refractivity contribution < 1.29 is 19.4 Å². The summed E-state index contributed by atoms with van der Waals surface area (Å²) in [6.45, 7) is 1.98. The van der Waals surface area contributed by atoms with Gasteiger partial charge in [-0.3, -0.25) is 0 Å². The van der Waals surface area contributed by atoms with Crippen molar-refractivity contribution in [3.63, 3.8) is 0 Å². The minimum absolute atomic E-state index is 0.493. The van der Waals surface area contributed by atoms with Crippen molar-refractivity contribution in [3.05, 3.63) is 60.2 Å². The van der Waals surface area contributed by atoms with Crippen LogP contribution in [0.1, 0.15) is 12.5 Å². The number of carbonyl (C=O) groups is 1. The fourth-order valence-corrected chi connectivity index (χ4v) is 1.61. The van der Waals surface area contributed by atoms with E-state index < -0.39 is 12.1 Å². The highest BCUT2D eigenvalue weighted by molar-refractivity contribution is 5.72. The Morgan fingerprint density at radius 3 is 2.25 bits per heavy atom. The topological polar surface area (TPSA) is 55.8 Å². The molecule has 20 heavy (non-hydrogen) atoms. The molecule has 0 aromatic heterocycles. The van der Waals surface area contributed by atoms with Crippen LogP contribution in [-0.2, 0) is 11.4 Å². The highest BCUT2D eigenvalue weighted by Crippen LogP contribution is 2.19. The average molecular weight is 272 g/mol. The Bertz CT molecular complexity index is 548. The molecule has 1 atom stereocenters. The second kappa shape index (κ2) is 6.61. The molecule has 0 radical (unpaired) electrons. The predicted molar refractivity (Wildman–Crippen MR) is 74.9 cm³/mol. The molecule has 0 fully saturated rings. The monoisotopic (exact) mass is 272 g/mol. The highest BCUT2D eigenvalue weighted by atomic mass is 16.5. The van der Waals surface area contributed by atoms with Gasteiger partial charge in [-0.1, -0.05) is 30.3 Å². The molecule has 0 aliphatic heterocycles. The smallest absolute Gasteiger partial charge is 0.344 e. The SMILES string of the molecule is C[C@@H](Oc1ccc(OCc2ccccc2)cc1)C(=O)O. The lowest BCUT2D eigenvalue weighted by molar-refractivity contribution is -0.144. The maximum atomic E-state index is 10.7. The van der Waals surface area contributed by atoms with E-state index in [-0.39, 0.29) is 0 Å². The zero-order chi connectivity index (χ0) is 14.4. The minimum Gasteiger partial charge on any atom is -0.489 e. The number of carboxylic acids is 1. The predicted octanol–water partition coefficient (Wildman–Crippen LogP) is 3.12. The molecule has 0 saturated heterocycles. The summed E-state index contributed by atoms with van der Waals surface area (Å²) in [7, 11) is 0. The summed E-state index contributed by atoms with van der Waals surface area (Å²) in [4.78, 5) is 10.7. The van der Waals surface area contributed by atoms with E-state index in [0.717, 1.165) is 5.56 Å². The summed E-state index contributed by atoms with van der Waals surface area (Å²) >= 11 is 0. The molecular formula is C16H16O4. The van der Waals surface area contributed by atoms with Gasteiger partial charge in [-0.15, -0.1) is 0 Å². The first-order chi connectivity index (χ1) is 9.65. The number of aliphatic carboxylic acids is 1. The molecule has 0 amide bonds. The summed E-state index contributed by atoms with van der Waals surface area (Å²) in [5.74, 6) is 0.227. The van der Waals surface area contributed by atoms with Gasteiger partial charge in [-0.25, -0.2) is 4.79 Å². The van der Waals surface area contributed by atoms with Crippen LogP contribution in [0.5, 0.6) is 11.5 Å². The van der Waals surface area contributed by atoms with Gasteiger partial charge in [0.25, 0.3) is 0 Å². The molecule has 0 aliphatic rings. The molecule has 0 spiro atoms. The third-order valence-corrected chi connectivity index (χ3v) is 2.73. The van der Waals surface area contributed by atoms with Crippen LogP contribution in [0.4, 0.5) is 0 Å². The number of hydrogen-bond acceptors (Lipinski definition) is 3. The van der Waals surface area contributed by atoms with Crippen LogP contribution in [0.25, 0.3) is 0 Å². The first-order valence-corrected chi connectivity index (χ1v) is 6.31. The van der Waals surface area contributed by atoms with Crippen LogP contribution in [0.2, 0.25) is 0 Å². The van der Waals surface area contributed by atoms with Gasteiger partial charge >= 0.3 is 5.97 Å². The maximum absolute atomic E-state index is 10.7. The highest BCUT2D eigenvalue weighted by Gasteiger charge is 2.12. The van der Waals surface area contributed by atoms with Crippen molar-refractivity contribution in [2.24, 2.45) is 0 Å². The molecule has 2 rings (SSSR count). The molecule has 0 aliphatic carbocycles. The van der Waals surface area contributed by atoms with Gasteiger partial charge in [0, 0.05) is 0 Å². The molecule has 0 saturated carbocycles. The van der Waals surface area contributed by atoms with Gasteiger partial charge in [0.05, 0.1) is 0 Å². The molecule has 1 N–H and O–H groups in total. The number of benzene rings is 2. The van der Waals surface area contributed by atoms with E-state index in [4.69, 9.17) is 14.6 Å². The second-order valence-electron chi connectivity index (χ2n) is 4.34. The van der Waals surface area contributed by atoms with Crippen molar-refractivity contribution in [1.29, 1.82) is 0 Å². The van der Waals surface area contributed by atoms with E-state index in [2.05, 4.69) is 0 Å². The molecular weight excluding hydrogens is 256 g/mol. The first-order valence-electron chi connectivity index (χ1n) is 6.31. The molecule has 0 heterocycles. The Balaban J connectivity index is 1.90. The van der Waals surface area contributed by atoms with Crippen LogP contribution in [0, 0.1) is 0 Å². The van der Waals surface area contributed by atoms with Gasteiger partial charge in [-0.2, -0.15) is 0 Å². The number of carboxylic acid groups (broad SMARTS) is 1. The fourth-order valence-electron chi connectivity index (χ4n) is 1.61. The number of hydrogen-bond donors (Lipinski definition) is 1. The normalized spacial score (nSPS) is 11.7. The van der Waals surface area contributed by atoms with Crippen molar-refractivity contribution in [1.82, 2.24) is 0 Å². The Kier molecular flexibility index (Phi) is 4.60. The molecule has 0 bridgehead atoms. The Labute approximate surface area is 117 Å². The summed E-state index contributed by atoms with van der Waals surface area (Å²) in [6.07, 6.45) is -0.869. The first kappa shape index (κ1) is 13.9. The third kappa shape index (κ3) is 4.02. The van der Waals surface area contributed by atoms with Crippen LogP contribution in [0.15, 0.2) is 54.6 Å². The lowest BCUT2D eigenvalue weighted by atomic mass is 10.2. The van der Waals surface area contributed by atoms with E-state index >= 15 is 0 Å². The van der Waals surface area contributed by atoms with Crippen molar-refractivity contribution in [2.45, 2.75) is 19.6 Å². The van der Waals surface area contributed by atoms with Crippen molar-refractivity contribution in [3.8, 4) is 11.5 Å². The zero-order valence-corrected chi connectivity index (χ0v) is 11.2. The zero-order valence-electron chi connectivity index (χ0n) is 11.2. The van der Waals surface area contributed by atoms with E-state index in [1.165, 1.54) is 6.92 Å². The summed E-state index contributed by atoms with van der Waals surface area (Å²) in [5, 5.41) is 8.76. The van der Waals surface area contributed by atoms with E-state index in [9.17, 15) is 4.79 Å². The quantitative estimate of drug-likeness (QED) is 0.877. The van der Waals surface area contributed by atoms with E-state index in [1.54, 1.807) is 24.3 Å². The fraction of sp³-hybridized carbons (Fsp3) is 0.188. The van der Waals surface area contributed by atoms with Crippen LogP contribution in [0.3, 0.4) is 0 Å². The van der Waals surface area contributed by atoms with Crippen LogP contribution < -0.4 is 9.47 Å². The van der Waals surface area contributed by atoms with Gasteiger partial charge in [-0.05, 0) is 36.8 Å².